The van der Waals surface area contributed by atoms with Crippen LogP contribution in [0.15, 0.2) is 24.3 Å². The molecule has 0 amide bonds. The Labute approximate surface area is 173 Å². The van der Waals surface area contributed by atoms with Crippen molar-refractivity contribution < 1.29 is 59.4 Å². The lowest BCUT2D eigenvalue weighted by molar-refractivity contribution is -0.196. The van der Waals surface area contributed by atoms with Gasteiger partial charge in [0.2, 0.25) is 0 Å². The van der Waals surface area contributed by atoms with E-state index in [2.05, 4.69) is 0 Å². The highest BCUT2D eigenvalue weighted by Crippen LogP contribution is 2.55. The van der Waals surface area contributed by atoms with E-state index in [9.17, 15) is 59.4 Å². The maximum atomic E-state index is 12.5. The van der Waals surface area contributed by atoms with Gasteiger partial charge in [-0.15, -0.1) is 0 Å². The van der Waals surface area contributed by atoms with Gasteiger partial charge >= 0.3 is 35.8 Å². The highest BCUT2D eigenvalue weighted by Gasteiger charge is 2.73. The number of benzene rings is 1. The molecule has 12 heteroatoms. The molecule has 0 bridgehead atoms. The molecule has 1 aliphatic rings. The van der Waals surface area contributed by atoms with Crippen molar-refractivity contribution in [2.75, 3.05) is 0 Å². The minimum absolute atomic E-state index is 0.466. The minimum Gasteiger partial charge on any atom is -0.481 e. The third-order valence-corrected chi connectivity index (χ3v) is 5.74. The first kappa shape index (κ1) is 23.3. The van der Waals surface area contributed by atoms with Gasteiger partial charge in [0.25, 0.3) is 0 Å². The monoisotopic (exact) mass is 438 g/mol. The Morgan fingerprint density at radius 3 is 1.23 bits per heavy atom. The highest BCUT2D eigenvalue weighted by molar-refractivity contribution is 6.01. The topological polar surface area (TPSA) is 224 Å². The van der Waals surface area contributed by atoms with Crippen molar-refractivity contribution in [3.05, 3.63) is 35.4 Å². The lowest BCUT2D eigenvalue weighted by atomic mass is 9.47. The van der Waals surface area contributed by atoms with Crippen LogP contribution in [0.3, 0.4) is 0 Å². The summed E-state index contributed by atoms with van der Waals surface area (Å²) in [7, 11) is 0. The van der Waals surface area contributed by atoms with Crippen molar-refractivity contribution in [2.24, 2.45) is 29.6 Å². The SMILES string of the molecule is Cc1ccc(C2(C(=O)O)C(C(=O)O)C(C(=O)O)C(C(=O)O)C(C(=O)O)C2C(=O)O)cc1. The molecule has 1 aliphatic carbocycles. The van der Waals surface area contributed by atoms with E-state index in [1.54, 1.807) is 6.92 Å². The van der Waals surface area contributed by atoms with Crippen LogP contribution in [0.25, 0.3) is 0 Å². The Balaban J connectivity index is 3.12. The van der Waals surface area contributed by atoms with Crippen LogP contribution in [0.4, 0.5) is 0 Å². The predicted molar refractivity (Wildman–Crippen MR) is 96.1 cm³/mol. The number of carboxylic acids is 6. The van der Waals surface area contributed by atoms with Gasteiger partial charge in [0.15, 0.2) is 0 Å². The summed E-state index contributed by atoms with van der Waals surface area (Å²) in [6.07, 6.45) is 0. The van der Waals surface area contributed by atoms with E-state index in [0.717, 1.165) is 12.1 Å². The number of carboxylic acid groups (broad SMARTS) is 6. The second kappa shape index (κ2) is 8.05. The lowest BCUT2D eigenvalue weighted by Gasteiger charge is -2.50. The lowest BCUT2D eigenvalue weighted by Crippen LogP contribution is -2.68. The number of hydrogen-bond donors (Lipinski definition) is 6. The Morgan fingerprint density at radius 1 is 0.613 bits per heavy atom. The molecule has 0 aliphatic heterocycles. The molecule has 31 heavy (non-hydrogen) atoms. The van der Waals surface area contributed by atoms with Crippen LogP contribution in [0.1, 0.15) is 11.1 Å². The molecule has 0 aromatic heterocycles. The molecule has 1 saturated carbocycles. The molecule has 0 heterocycles. The van der Waals surface area contributed by atoms with Crippen molar-refractivity contribution in [1.82, 2.24) is 0 Å². The van der Waals surface area contributed by atoms with Crippen LogP contribution in [0.5, 0.6) is 0 Å². The third-order valence-electron chi connectivity index (χ3n) is 5.74. The van der Waals surface area contributed by atoms with Gasteiger partial charge in [-0.2, -0.15) is 0 Å². The van der Waals surface area contributed by atoms with Gasteiger partial charge in [-0.1, -0.05) is 29.8 Å². The zero-order chi connectivity index (χ0) is 23.8. The van der Waals surface area contributed by atoms with E-state index in [1.165, 1.54) is 12.1 Å². The van der Waals surface area contributed by atoms with Crippen LogP contribution < -0.4 is 0 Å². The van der Waals surface area contributed by atoms with Crippen LogP contribution in [-0.4, -0.2) is 66.5 Å². The highest BCUT2D eigenvalue weighted by atomic mass is 16.4. The number of hydrogen-bond acceptors (Lipinski definition) is 6. The maximum Gasteiger partial charge on any atom is 0.315 e. The zero-order valence-corrected chi connectivity index (χ0v) is 15.8. The fourth-order valence-electron chi connectivity index (χ4n) is 4.57. The summed E-state index contributed by atoms with van der Waals surface area (Å²) in [4.78, 5) is 72.7. The third kappa shape index (κ3) is 3.45. The fourth-order valence-corrected chi connectivity index (χ4v) is 4.57. The molecule has 1 fully saturated rings. The van der Waals surface area contributed by atoms with Crippen molar-refractivity contribution in [3.63, 3.8) is 0 Å². The van der Waals surface area contributed by atoms with Crippen molar-refractivity contribution >= 4 is 35.8 Å². The molecule has 1 aromatic carbocycles. The molecule has 2 rings (SSSR count). The summed E-state index contributed by atoms with van der Waals surface area (Å²) < 4.78 is 0. The number of rotatable bonds is 7. The average molecular weight is 438 g/mol. The molecular formula is C19H18O12. The van der Waals surface area contributed by atoms with Crippen LogP contribution in [-0.2, 0) is 34.2 Å². The normalized spacial score (nSPS) is 30.2. The van der Waals surface area contributed by atoms with Gasteiger partial charge < -0.3 is 30.6 Å². The van der Waals surface area contributed by atoms with Gasteiger partial charge in [0.05, 0.1) is 29.6 Å². The van der Waals surface area contributed by atoms with E-state index in [0.29, 0.717) is 5.56 Å². The standard InChI is InChI=1S/C19H18O12/c1-6-2-4-7(5-3-6)19(18(30)31)11(16(26)27)9(14(22)23)8(13(20)21)10(15(24)25)12(19)17(28)29/h2-5,8-12H,1H3,(H,20,21)(H,22,23)(H,24,25)(H,26,27)(H,28,29)(H,30,31). The fraction of sp³-hybridized carbons (Fsp3) is 0.368. The summed E-state index contributed by atoms with van der Waals surface area (Å²) in [5.74, 6) is -25.3. The zero-order valence-electron chi connectivity index (χ0n) is 15.8. The molecule has 6 N–H and O–H groups in total. The van der Waals surface area contributed by atoms with Crippen LogP contribution in [0, 0.1) is 36.5 Å². The number of aliphatic carboxylic acids is 6. The molecule has 1 aromatic rings. The van der Waals surface area contributed by atoms with Gasteiger partial charge in [0, 0.05) is 0 Å². The van der Waals surface area contributed by atoms with Gasteiger partial charge in [-0.3, -0.25) is 28.8 Å². The summed E-state index contributed by atoms with van der Waals surface area (Å²) >= 11 is 0. The Kier molecular flexibility index (Phi) is 6.05. The van der Waals surface area contributed by atoms with E-state index < -0.39 is 76.4 Å². The quantitative estimate of drug-likeness (QED) is 0.326. The van der Waals surface area contributed by atoms with Gasteiger partial charge in [-0.05, 0) is 12.5 Å². The molecular weight excluding hydrogens is 420 g/mol. The molecule has 0 radical (unpaired) electrons. The van der Waals surface area contributed by atoms with E-state index in [4.69, 9.17) is 0 Å². The first-order valence-corrected chi connectivity index (χ1v) is 8.74. The summed E-state index contributed by atoms with van der Waals surface area (Å²) in [5.41, 5.74) is -3.00. The van der Waals surface area contributed by atoms with Crippen LogP contribution in [0.2, 0.25) is 0 Å². The smallest absolute Gasteiger partial charge is 0.315 e. The minimum atomic E-state index is -3.09. The van der Waals surface area contributed by atoms with Crippen molar-refractivity contribution in [1.29, 1.82) is 0 Å². The molecule has 12 nitrogen and oxygen atoms in total. The van der Waals surface area contributed by atoms with Gasteiger partial charge in [-0.25, -0.2) is 0 Å². The molecule has 4 atom stereocenters. The largest absolute Gasteiger partial charge is 0.481 e. The summed E-state index contributed by atoms with van der Waals surface area (Å²) in [6, 6.07) is 4.75. The average Bonchev–Trinajstić information content (AvgIpc) is 2.65. The Bertz CT molecular complexity index is 923. The second-order valence-electron chi connectivity index (χ2n) is 7.26. The van der Waals surface area contributed by atoms with Gasteiger partial charge in [0.1, 0.15) is 5.41 Å². The number of carbonyl (C=O) groups is 6. The van der Waals surface area contributed by atoms with Crippen LogP contribution >= 0.6 is 0 Å². The summed E-state index contributed by atoms with van der Waals surface area (Å²) in [5, 5.41) is 58.6. The van der Waals surface area contributed by atoms with E-state index >= 15 is 0 Å². The van der Waals surface area contributed by atoms with E-state index in [-0.39, 0.29) is 0 Å². The Hall–Kier alpha value is -3.96. The van der Waals surface area contributed by atoms with Crippen molar-refractivity contribution in [2.45, 2.75) is 12.3 Å². The Morgan fingerprint density at radius 2 is 0.968 bits per heavy atom. The summed E-state index contributed by atoms with van der Waals surface area (Å²) in [6.45, 7) is 1.59. The molecule has 166 valence electrons. The predicted octanol–water partition coefficient (Wildman–Crippen LogP) is -0.165. The number of aryl methyl sites for hydroxylation is 1. The maximum absolute atomic E-state index is 12.5. The first-order chi connectivity index (χ1) is 14.3. The second-order valence-corrected chi connectivity index (χ2v) is 7.26. The molecule has 4 unspecified atom stereocenters. The van der Waals surface area contributed by atoms with Crippen molar-refractivity contribution in [3.8, 4) is 0 Å². The van der Waals surface area contributed by atoms with E-state index in [1.807, 2.05) is 0 Å². The first-order valence-electron chi connectivity index (χ1n) is 8.74. The molecule has 0 saturated heterocycles. The molecule has 0 spiro atoms.